The summed E-state index contributed by atoms with van der Waals surface area (Å²) in [4.78, 5) is 12.1. The van der Waals surface area contributed by atoms with Crippen LogP contribution in [0.2, 0.25) is 0 Å². The molecule has 0 atom stereocenters. The third-order valence-electron chi connectivity index (χ3n) is 3.02. The summed E-state index contributed by atoms with van der Waals surface area (Å²) in [6, 6.07) is 7.97. The largest absolute Gasteiger partial charge is 0.420 e. The number of nitrogens with zero attached hydrogens (tertiary/aromatic N) is 1. The summed E-state index contributed by atoms with van der Waals surface area (Å²) in [7, 11) is -0.994. The van der Waals surface area contributed by atoms with Crippen molar-refractivity contribution in [1.29, 1.82) is 0 Å². The highest BCUT2D eigenvalue weighted by Gasteiger charge is 2.23. The maximum absolute atomic E-state index is 13.7. The second kappa shape index (κ2) is 7.30. The van der Waals surface area contributed by atoms with E-state index in [0.717, 1.165) is 10.4 Å². The van der Waals surface area contributed by atoms with E-state index in [1.54, 1.807) is 0 Å². The molecular formula is C15H12Br2FNO4S. The second-order valence-electron chi connectivity index (χ2n) is 4.90. The Bertz CT molecular complexity index is 900. The van der Waals surface area contributed by atoms with Crippen molar-refractivity contribution in [3.8, 4) is 5.75 Å². The Hall–Kier alpha value is -1.29. The molecule has 0 spiro atoms. The Balaban J connectivity index is 2.37. The molecule has 0 saturated heterocycles. The van der Waals surface area contributed by atoms with Crippen molar-refractivity contribution >= 4 is 47.9 Å². The van der Waals surface area contributed by atoms with Gasteiger partial charge >= 0.3 is 5.97 Å². The van der Waals surface area contributed by atoms with Crippen molar-refractivity contribution in [1.82, 2.24) is 4.31 Å². The number of hydrogen-bond acceptors (Lipinski definition) is 4. The average Bonchev–Trinajstić information content (AvgIpc) is 2.50. The quantitative estimate of drug-likeness (QED) is 0.493. The van der Waals surface area contributed by atoms with Gasteiger partial charge < -0.3 is 4.74 Å². The van der Waals surface area contributed by atoms with E-state index in [2.05, 4.69) is 31.9 Å². The first kappa shape index (κ1) is 19.0. The van der Waals surface area contributed by atoms with Crippen LogP contribution in [-0.2, 0) is 10.0 Å². The van der Waals surface area contributed by atoms with Gasteiger partial charge in [-0.3, -0.25) is 0 Å². The van der Waals surface area contributed by atoms with Crippen molar-refractivity contribution in [2.75, 3.05) is 14.1 Å². The molecule has 2 rings (SSSR count). The molecule has 24 heavy (non-hydrogen) atoms. The highest BCUT2D eigenvalue weighted by molar-refractivity contribution is 9.10. The minimum absolute atomic E-state index is 0.0130. The molecule has 0 aliphatic rings. The van der Waals surface area contributed by atoms with Crippen LogP contribution < -0.4 is 4.74 Å². The van der Waals surface area contributed by atoms with E-state index < -0.39 is 21.8 Å². The van der Waals surface area contributed by atoms with Crippen LogP contribution in [0.5, 0.6) is 5.75 Å². The molecule has 0 aliphatic heterocycles. The maximum Gasteiger partial charge on any atom is 0.343 e. The molecule has 128 valence electrons. The monoisotopic (exact) mass is 479 g/mol. The van der Waals surface area contributed by atoms with Gasteiger partial charge in [0.1, 0.15) is 0 Å². The number of halogens is 3. The number of carbonyl (C=O) groups is 1. The predicted octanol–water partition coefficient (Wildman–Crippen LogP) is 3.82. The first-order valence-corrected chi connectivity index (χ1v) is 9.55. The molecule has 0 aliphatic carbocycles. The van der Waals surface area contributed by atoms with Crippen molar-refractivity contribution in [3.63, 3.8) is 0 Å². The molecule has 0 radical (unpaired) electrons. The smallest absolute Gasteiger partial charge is 0.343 e. The van der Waals surface area contributed by atoms with Crippen LogP contribution in [0.25, 0.3) is 0 Å². The highest BCUT2D eigenvalue weighted by atomic mass is 79.9. The molecular weight excluding hydrogens is 469 g/mol. The van der Waals surface area contributed by atoms with Gasteiger partial charge in [-0.15, -0.1) is 0 Å². The number of ether oxygens (including phenoxy) is 1. The number of hydrogen-bond donors (Lipinski definition) is 0. The van der Waals surface area contributed by atoms with E-state index in [0.29, 0.717) is 8.95 Å². The van der Waals surface area contributed by atoms with Crippen LogP contribution in [0.4, 0.5) is 4.39 Å². The summed E-state index contributed by atoms with van der Waals surface area (Å²) in [5, 5.41) is 0. The summed E-state index contributed by atoms with van der Waals surface area (Å²) in [5.41, 5.74) is -0.0130. The molecule has 0 N–H and O–H groups in total. The fraction of sp³-hybridized carbons (Fsp3) is 0.133. The third-order valence-corrected chi connectivity index (χ3v) is 6.32. The second-order valence-corrected chi connectivity index (χ2v) is 8.79. The Morgan fingerprint density at radius 1 is 1.12 bits per heavy atom. The number of sulfonamides is 1. The standard InChI is InChI=1S/C15H12Br2FNO4S/c1-19(2)24(21,22)14-7-9(3-5-11(14)17)15(20)23-13-6-4-10(16)8-12(13)18/h3-8H,1-2H3. The van der Waals surface area contributed by atoms with Gasteiger partial charge in [-0.25, -0.2) is 21.9 Å². The number of carbonyl (C=O) groups excluding carboxylic acids is 1. The zero-order valence-electron chi connectivity index (χ0n) is 12.6. The molecule has 0 saturated carbocycles. The number of rotatable bonds is 4. The zero-order chi connectivity index (χ0) is 18.1. The van der Waals surface area contributed by atoms with Gasteiger partial charge in [-0.05, 0) is 52.3 Å². The molecule has 0 amide bonds. The topological polar surface area (TPSA) is 63.7 Å². The van der Waals surface area contributed by atoms with Gasteiger partial charge in [0.05, 0.1) is 10.5 Å². The molecule has 9 heteroatoms. The van der Waals surface area contributed by atoms with Crippen LogP contribution >= 0.6 is 31.9 Å². The lowest BCUT2D eigenvalue weighted by Crippen LogP contribution is -2.23. The fourth-order valence-electron chi connectivity index (χ4n) is 1.74. The van der Waals surface area contributed by atoms with E-state index >= 15 is 0 Å². The Morgan fingerprint density at radius 3 is 2.38 bits per heavy atom. The average molecular weight is 481 g/mol. The molecule has 2 aromatic carbocycles. The van der Waals surface area contributed by atoms with Gasteiger partial charge in [0.2, 0.25) is 10.0 Å². The molecule has 0 fully saturated rings. The van der Waals surface area contributed by atoms with Crippen molar-refractivity contribution < 1.29 is 22.3 Å². The molecule has 0 aromatic heterocycles. The Labute approximate surface area is 155 Å². The molecule has 2 aromatic rings. The van der Waals surface area contributed by atoms with Gasteiger partial charge in [-0.1, -0.05) is 15.9 Å². The van der Waals surface area contributed by atoms with Crippen LogP contribution in [0.15, 0.2) is 50.2 Å². The zero-order valence-corrected chi connectivity index (χ0v) is 16.6. The minimum Gasteiger partial charge on any atom is -0.420 e. The van der Waals surface area contributed by atoms with Gasteiger partial charge in [0.25, 0.3) is 0 Å². The lowest BCUT2D eigenvalue weighted by atomic mass is 10.2. The van der Waals surface area contributed by atoms with E-state index in [9.17, 15) is 17.6 Å². The maximum atomic E-state index is 13.7. The predicted molar refractivity (Wildman–Crippen MR) is 94.1 cm³/mol. The molecule has 0 unspecified atom stereocenters. The summed E-state index contributed by atoms with van der Waals surface area (Å²) >= 11 is 6.25. The SMILES string of the molecule is CN(C)S(=O)(=O)c1cc(C(=O)Oc2ccc(Br)cc2F)ccc1Br. The van der Waals surface area contributed by atoms with Gasteiger partial charge in [-0.2, -0.15) is 0 Å². The normalized spacial score (nSPS) is 11.6. The summed E-state index contributed by atoms with van der Waals surface area (Å²) in [6.07, 6.45) is 0. The number of benzene rings is 2. The van der Waals surface area contributed by atoms with Crippen LogP contribution in [0.3, 0.4) is 0 Å². The van der Waals surface area contributed by atoms with E-state index in [1.165, 1.54) is 44.4 Å². The van der Waals surface area contributed by atoms with E-state index in [4.69, 9.17) is 4.74 Å². The third kappa shape index (κ3) is 4.02. The fourth-order valence-corrected chi connectivity index (χ4v) is 3.92. The summed E-state index contributed by atoms with van der Waals surface area (Å²) < 4.78 is 45.1. The molecule has 0 heterocycles. The lowest BCUT2D eigenvalue weighted by molar-refractivity contribution is 0.0727. The van der Waals surface area contributed by atoms with Crippen molar-refractivity contribution in [3.05, 3.63) is 56.7 Å². The van der Waals surface area contributed by atoms with Crippen molar-refractivity contribution in [2.24, 2.45) is 0 Å². The summed E-state index contributed by atoms with van der Waals surface area (Å²) in [5.74, 6) is -1.82. The Kier molecular flexibility index (Phi) is 5.79. The highest BCUT2D eigenvalue weighted by Crippen LogP contribution is 2.27. The van der Waals surface area contributed by atoms with Gasteiger partial charge in [0.15, 0.2) is 11.6 Å². The van der Waals surface area contributed by atoms with E-state index in [-0.39, 0.29) is 16.2 Å². The van der Waals surface area contributed by atoms with Gasteiger partial charge in [0, 0.05) is 23.0 Å². The van der Waals surface area contributed by atoms with Crippen LogP contribution in [-0.4, -0.2) is 32.8 Å². The first-order valence-electron chi connectivity index (χ1n) is 6.52. The minimum atomic E-state index is -3.75. The van der Waals surface area contributed by atoms with Crippen molar-refractivity contribution in [2.45, 2.75) is 4.90 Å². The molecule has 0 bridgehead atoms. The Morgan fingerprint density at radius 2 is 1.79 bits per heavy atom. The van der Waals surface area contributed by atoms with E-state index in [1.807, 2.05) is 0 Å². The molecule has 5 nitrogen and oxygen atoms in total. The first-order chi connectivity index (χ1) is 11.1. The van der Waals surface area contributed by atoms with Crippen LogP contribution in [0.1, 0.15) is 10.4 Å². The number of esters is 1. The van der Waals surface area contributed by atoms with Crippen LogP contribution in [0, 0.1) is 5.82 Å². The summed E-state index contributed by atoms with van der Waals surface area (Å²) in [6.45, 7) is 0. The lowest BCUT2D eigenvalue weighted by Gasteiger charge is -2.14.